The molecule has 0 saturated carbocycles. The monoisotopic (exact) mass is 290 g/mol. The summed E-state index contributed by atoms with van der Waals surface area (Å²) in [4.78, 5) is 0. The van der Waals surface area contributed by atoms with Gasteiger partial charge < -0.3 is 18.3 Å². The van der Waals surface area contributed by atoms with Crippen LogP contribution in [-0.2, 0) is 18.3 Å². The Balaban J connectivity index is 2.23. The average molecular weight is 290 g/mol. The zero-order valence-electron chi connectivity index (χ0n) is 12.9. The number of rotatable bonds is 12. The van der Waals surface area contributed by atoms with E-state index in [4.69, 9.17) is 18.3 Å². The number of epoxide rings is 1. The first-order chi connectivity index (χ1) is 9.09. The summed E-state index contributed by atoms with van der Waals surface area (Å²) in [6.45, 7) is 11.8. The predicted molar refractivity (Wildman–Crippen MR) is 78.7 cm³/mol. The topological polar surface area (TPSA) is 40.2 Å². The van der Waals surface area contributed by atoms with E-state index in [1.54, 1.807) is 0 Å². The van der Waals surface area contributed by atoms with Crippen molar-refractivity contribution in [1.82, 2.24) is 0 Å². The maximum absolute atomic E-state index is 6.01. The van der Waals surface area contributed by atoms with E-state index in [-0.39, 0.29) is 6.10 Å². The van der Waals surface area contributed by atoms with Crippen LogP contribution >= 0.6 is 0 Å². The van der Waals surface area contributed by atoms with Crippen LogP contribution in [0, 0.1) is 0 Å². The molecule has 0 radical (unpaired) electrons. The molecule has 5 heteroatoms. The van der Waals surface area contributed by atoms with Crippen LogP contribution in [0.25, 0.3) is 0 Å². The lowest BCUT2D eigenvalue weighted by Crippen LogP contribution is -2.40. The van der Waals surface area contributed by atoms with E-state index in [1.807, 2.05) is 0 Å². The van der Waals surface area contributed by atoms with Gasteiger partial charge in [-0.25, -0.2) is 0 Å². The molecule has 2 unspecified atom stereocenters. The first-order valence-electron chi connectivity index (χ1n) is 7.60. The maximum atomic E-state index is 6.01. The second kappa shape index (κ2) is 9.08. The highest BCUT2D eigenvalue weighted by atomic mass is 28.4. The third-order valence-electron chi connectivity index (χ3n) is 3.20. The summed E-state index contributed by atoms with van der Waals surface area (Å²) in [5.74, 6) is 0. The maximum Gasteiger partial charge on any atom is 0.335 e. The van der Waals surface area contributed by atoms with Crippen molar-refractivity contribution in [2.45, 2.75) is 64.8 Å². The second-order valence-electron chi connectivity index (χ2n) is 5.47. The molecule has 1 aliphatic heterocycles. The molecule has 0 aromatic carbocycles. The van der Waals surface area contributed by atoms with Gasteiger partial charge in [0.2, 0.25) is 0 Å². The van der Waals surface area contributed by atoms with E-state index in [1.165, 1.54) is 0 Å². The van der Waals surface area contributed by atoms with Gasteiger partial charge in [0.25, 0.3) is 0 Å². The minimum Gasteiger partial charge on any atom is -0.394 e. The summed E-state index contributed by atoms with van der Waals surface area (Å²) in [6, 6.07) is 1.000. The van der Waals surface area contributed by atoms with Crippen LogP contribution in [0.2, 0.25) is 12.6 Å². The van der Waals surface area contributed by atoms with E-state index in [9.17, 15) is 0 Å². The molecule has 1 fully saturated rings. The molecule has 2 atom stereocenters. The number of hydrogen-bond acceptors (Lipinski definition) is 4. The fourth-order valence-corrected chi connectivity index (χ4v) is 4.38. The zero-order chi connectivity index (χ0) is 14.1. The molecule has 1 aliphatic rings. The largest absolute Gasteiger partial charge is 0.394 e. The lowest BCUT2D eigenvalue weighted by molar-refractivity contribution is 0.0495. The minimum absolute atomic E-state index is 0.256. The molecule has 4 nitrogen and oxygen atoms in total. The Hall–Kier alpha value is 0.0569. The van der Waals surface area contributed by atoms with Crippen LogP contribution in [0.4, 0.5) is 0 Å². The lowest BCUT2D eigenvalue weighted by Gasteiger charge is -2.28. The van der Waals surface area contributed by atoms with Gasteiger partial charge in [-0.2, -0.15) is 0 Å². The Labute approximate surface area is 119 Å². The highest BCUT2D eigenvalue weighted by molar-refractivity contribution is 6.66. The summed E-state index contributed by atoms with van der Waals surface area (Å²) < 4.78 is 22.9. The van der Waals surface area contributed by atoms with Crippen LogP contribution in [0.3, 0.4) is 0 Å². The van der Waals surface area contributed by atoms with Crippen LogP contribution in [0.5, 0.6) is 0 Å². The Morgan fingerprint density at radius 3 is 2.26 bits per heavy atom. The molecule has 0 aromatic heterocycles. The summed E-state index contributed by atoms with van der Waals surface area (Å²) in [5, 5.41) is 0. The van der Waals surface area contributed by atoms with Gasteiger partial charge in [0.1, 0.15) is 6.10 Å². The summed E-state index contributed by atoms with van der Waals surface area (Å²) in [6.07, 6.45) is 3.69. The highest BCUT2D eigenvalue weighted by Gasteiger charge is 2.32. The van der Waals surface area contributed by atoms with Crippen LogP contribution < -0.4 is 0 Å². The molecule has 1 rings (SSSR count). The van der Waals surface area contributed by atoms with Crippen molar-refractivity contribution in [3.63, 3.8) is 0 Å². The van der Waals surface area contributed by atoms with Crippen molar-refractivity contribution in [2.75, 3.05) is 26.4 Å². The highest BCUT2D eigenvalue weighted by Crippen LogP contribution is 2.20. The van der Waals surface area contributed by atoms with Gasteiger partial charge in [-0.15, -0.1) is 0 Å². The first-order valence-corrected chi connectivity index (χ1v) is 10.1. The van der Waals surface area contributed by atoms with Crippen molar-refractivity contribution in [2.24, 2.45) is 0 Å². The molecule has 0 amide bonds. The first kappa shape index (κ1) is 17.1. The summed E-state index contributed by atoms with van der Waals surface area (Å²) in [7, 11) is -2.01. The molecular formula is C14H30O4Si. The van der Waals surface area contributed by atoms with E-state index in [2.05, 4.69) is 27.3 Å². The third-order valence-corrected chi connectivity index (χ3v) is 6.02. The van der Waals surface area contributed by atoms with E-state index in [0.29, 0.717) is 6.10 Å². The fourth-order valence-electron chi connectivity index (χ4n) is 1.81. The predicted octanol–water partition coefficient (Wildman–Crippen LogP) is 3.11. The molecule has 0 aromatic rings. The van der Waals surface area contributed by atoms with Gasteiger partial charge in [0.05, 0.1) is 19.3 Å². The SMILES string of the molecule is CCCO[Si](C)(CCC(C)OCC1CO1)OCCC. The van der Waals surface area contributed by atoms with Gasteiger partial charge in [0, 0.05) is 13.2 Å². The number of ether oxygens (including phenoxy) is 2. The van der Waals surface area contributed by atoms with Gasteiger partial charge in [-0.3, -0.25) is 0 Å². The average Bonchev–Trinajstić information content (AvgIpc) is 3.23. The quantitative estimate of drug-likeness (QED) is 0.409. The normalized spacial score (nSPS) is 20.5. The van der Waals surface area contributed by atoms with Gasteiger partial charge in [0.15, 0.2) is 0 Å². The van der Waals surface area contributed by atoms with Crippen molar-refractivity contribution in [3.05, 3.63) is 0 Å². The Morgan fingerprint density at radius 1 is 1.21 bits per heavy atom. The van der Waals surface area contributed by atoms with Crippen molar-refractivity contribution in [1.29, 1.82) is 0 Å². The van der Waals surface area contributed by atoms with Crippen molar-refractivity contribution >= 4 is 8.56 Å². The molecule has 0 spiro atoms. The smallest absolute Gasteiger partial charge is 0.335 e. The van der Waals surface area contributed by atoms with Gasteiger partial charge in [-0.05, 0) is 38.8 Å². The fraction of sp³-hybridized carbons (Fsp3) is 1.00. The van der Waals surface area contributed by atoms with Gasteiger partial charge in [-0.1, -0.05) is 13.8 Å². The Kier molecular flexibility index (Phi) is 8.17. The second-order valence-corrected chi connectivity index (χ2v) is 8.81. The van der Waals surface area contributed by atoms with Crippen LogP contribution in [0.1, 0.15) is 40.0 Å². The summed E-state index contributed by atoms with van der Waals surface area (Å²) in [5.41, 5.74) is 0. The molecule has 114 valence electrons. The van der Waals surface area contributed by atoms with E-state index < -0.39 is 8.56 Å². The third kappa shape index (κ3) is 8.04. The van der Waals surface area contributed by atoms with Crippen LogP contribution in [-0.4, -0.2) is 47.2 Å². The van der Waals surface area contributed by atoms with Crippen molar-refractivity contribution in [3.8, 4) is 0 Å². The molecule has 0 aliphatic carbocycles. The molecule has 19 heavy (non-hydrogen) atoms. The van der Waals surface area contributed by atoms with Crippen molar-refractivity contribution < 1.29 is 18.3 Å². The molecular weight excluding hydrogens is 260 g/mol. The number of hydrogen-bond donors (Lipinski definition) is 0. The molecule has 1 saturated heterocycles. The minimum atomic E-state index is -2.01. The lowest BCUT2D eigenvalue weighted by atomic mass is 10.3. The van der Waals surface area contributed by atoms with E-state index >= 15 is 0 Å². The zero-order valence-corrected chi connectivity index (χ0v) is 13.9. The standard InChI is InChI=1S/C14H30O4Si/c1-5-8-17-19(4,18-9-6-2)10-7-13(3)15-11-14-12-16-14/h13-14H,5-12H2,1-4H3. The molecule has 0 N–H and O–H groups in total. The van der Waals surface area contributed by atoms with E-state index in [0.717, 1.165) is 51.7 Å². The molecule has 1 heterocycles. The summed E-state index contributed by atoms with van der Waals surface area (Å²) >= 11 is 0. The Morgan fingerprint density at radius 2 is 1.79 bits per heavy atom. The Bertz CT molecular complexity index is 225. The van der Waals surface area contributed by atoms with Crippen LogP contribution in [0.15, 0.2) is 0 Å². The van der Waals surface area contributed by atoms with Gasteiger partial charge >= 0.3 is 8.56 Å². The molecule has 0 bridgehead atoms.